The van der Waals surface area contributed by atoms with Crippen LogP contribution in [0.4, 0.5) is 4.79 Å². The van der Waals surface area contributed by atoms with Crippen LogP contribution >= 0.6 is 0 Å². The molecule has 232 valence electrons. The molecule has 4 amide bonds. The highest BCUT2D eigenvalue weighted by Crippen LogP contribution is 2.31. The van der Waals surface area contributed by atoms with Crippen molar-refractivity contribution in [1.82, 2.24) is 20.4 Å². The van der Waals surface area contributed by atoms with Crippen LogP contribution in [0.2, 0.25) is 0 Å². The Hall–Kier alpha value is -1.99. The number of carbonyl (C=O) groups is 3. The molecule has 2 fully saturated rings. The highest BCUT2D eigenvalue weighted by atomic mass is 16.7. The van der Waals surface area contributed by atoms with Crippen molar-refractivity contribution in [3.63, 3.8) is 0 Å². The number of nitrogens with zero attached hydrogens (tertiary/aromatic N) is 2. The van der Waals surface area contributed by atoms with Crippen molar-refractivity contribution in [2.24, 2.45) is 0 Å². The van der Waals surface area contributed by atoms with E-state index in [9.17, 15) is 34.8 Å². The van der Waals surface area contributed by atoms with Crippen LogP contribution in [0.3, 0.4) is 0 Å². The summed E-state index contributed by atoms with van der Waals surface area (Å²) in [5.74, 6) is -1.36. The second-order valence-corrected chi connectivity index (χ2v) is 9.87. The number of carbonyl (C=O) groups excluding carboxylic acids is 3. The van der Waals surface area contributed by atoms with E-state index in [0.717, 1.165) is 4.90 Å². The van der Waals surface area contributed by atoms with Gasteiger partial charge in [-0.05, 0) is 34.0 Å². The molecule has 10 atom stereocenters. The molecule has 6 N–H and O–H groups in total. The van der Waals surface area contributed by atoms with Gasteiger partial charge in [-0.1, -0.05) is 0 Å². The monoisotopic (exact) mass is 580 g/mol. The highest BCUT2D eigenvalue weighted by molar-refractivity contribution is 5.97. The maximum Gasteiger partial charge on any atom is 0.324 e. The van der Waals surface area contributed by atoms with Gasteiger partial charge in [-0.25, -0.2) is 4.79 Å². The summed E-state index contributed by atoms with van der Waals surface area (Å²) in [6.45, 7) is 3.13. The maximum atomic E-state index is 13.6. The summed E-state index contributed by atoms with van der Waals surface area (Å²) in [6, 6.07) is -1.82. The molecule has 0 aromatic carbocycles. The molecule has 16 nitrogen and oxygen atoms in total. The van der Waals surface area contributed by atoms with Crippen molar-refractivity contribution in [3.8, 4) is 0 Å². The maximum absolute atomic E-state index is 13.6. The lowest BCUT2D eigenvalue weighted by Crippen LogP contribution is -2.69. The van der Waals surface area contributed by atoms with E-state index in [1.54, 1.807) is 6.92 Å². The molecule has 2 saturated heterocycles. The van der Waals surface area contributed by atoms with E-state index in [1.807, 2.05) is 19.0 Å². The van der Waals surface area contributed by atoms with Gasteiger partial charge in [0.1, 0.15) is 42.7 Å². The fraction of sp³-hybridized carbons (Fsp3) is 0.875. The van der Waals surface area contributed by atoms with Gasteiger partial charge in [0.05, 0.1) is 6.61 Å². The van der Waals surface area contributed by atoms with Crippen LogP contribution in [-0.4, -0.2) is 164 Å². The van der Waals surface area contributed by atoms with Crippen molar-refractivity contribution < 1.29 is 58.5 Å². The lowest BCUT2D eigenvalue weighted by atomic mass is 9.95. The number of amides is 4. The molecule has 2 aliphatic heterocycles. The summed E-state index contributed by atoms with van der Waals surface area (Å²) in [5.41, 5.74) is 0. The third-order valence-electron chi connectivity index (χ3n) is 6.63. The van der Waals surface area contributed by atoms with Gasteiger partial charge in [-0.15, -0.1) is 0 Å². The molecule has 0 unspecified atom stereocenters. The zero-order valence-corrected chi connectivity index (χ0v) is 23.8. The van der Waals surface area contributed by atoms with Crippen molar-refractivity contribution in [2.75, 3.05) is 54.6 Å². The lowest BCUT2D eigenvalue weighted by Gasteiger charge is -2.47. The zero-order valence-electron chi connectivity index (χ0n) is 23.8. The number of urea groups is 1. The Morgan fingerprint density at radius 3 is 2.12 bits per heavy atom. The average Bonchev–Trinajstić information content (AvgIpc) is 2.90. The first kappa shape index (κ1) is 34.2. The predicted molar refractivity (Wildman–Crippen MR) is 137 cm³/mol. The van der Waals surface area contributed by atoms with E-state index in [2.05, 4.69) is 10.6 Å². The summed E-state index contributed by atoms with van der Waals surface area (Å²) < 4.78 is 27.7. The Balaban J connectivity index is 2.38. The topological polar surface area (TPSA) is 209 Å². The molecule has 0 saturated carbocycles. The van der Waals surface area contributed by atoms with Crippen LogP contribution in [0.5, 0.6) is 0 Å². The second kappa shape index (κ2) is 15.9. The molecule has 40 heavy (non-hydrogen) atoms. The molecule has 16 heteroatoms. The first-order valence-electron chi connectivity index (χ1n) is 13.1. The molecule has 0 aromatic rings. The molecule has 2 aliphatic rings. The van der Waals surface area contributed by atoms with Crippen molar-refractivity contribution in [1.29, 1.82) is 0 Å². The molecule has 0 bridgehead atoms. The van der Waals surface area contributed by atoms with Gasteiger partial charge in [0.15, 0.2) is 18.7 Å². The third-order valence-corrected chi connectivity index (χ3v) is 6.63. The Labute approximate surface area is 233 Å². The molecule has 0 aromatic heterocycles. The minimum atomic E-state index is -1.78. The first-order chi connectivity index (χ1) is 18.9. The lowest BCUT2D eigenvalue weighted by molar-refractivity contribution is -0.339. The third kappa shape index (κ3) is 8.28. The van der Waals surface area contributed by atoms with Gasteiger partial charge in [0.25, 0.3) is 5.91 Å². The predicted octanol–water partition coefficient (Wildman–Crippen LogP) is -3.43. The number of imide groups is 1. The second-order valence-electron chi connectivity index (χ2n) is 9.87. The van der Waals surface area contributed by atoms with Crippen LogP contribution in [0.25, 0.3) is 0 Å². The van der Waals surface area contributed by atoms with Crippen molar-refractivity contribution in [3.05, 3.63) is 0 Å². The number of rotatable bonds is 12. The van der Waals surface area contributed by atoms with E-state index in [4.69, 9.17) is 23.7 Å². The van der Waals surface area contributed by atoms with E-state index in [1.165, 1.54) is 21.1 Å². The molecule has 0 spiro atoms. The minimum absolute atomic E-state index is 0.0281. The van der Waals surface area contributed by atoms with Crippen molar-refractivity contribution in [2.45, 2.75) is 81.6 Å². The van der Waals surface area contributed by atoms with E-state index < -0.39 is 85.8 Å². The number of hydrogen-bond acceptors (Lipinski definition) is 13. The zero-order chi connectivity index (χ0) is 30.1. The number of aliphatic hydroxyl groups excluding tert-OH is 4. The summed E-state index contributed by atoms with van der Waals surface area (Å²) in [5, 5.41) is 47.4. The largest absolute Gasteiger partial charge is 0.394 e. The van der Waals surface area contributed by atoms with Gasteiger partial charge in [-0.3, -0.25) is 14.5 Å². The SMILES string of the molecule is CCNC(=O)N(CCCN(C)C)C(=O)[C@H]1O[C@@H](O[C@H]2[C@H](O)[C@@H](CO)O[C@@H](OC)[C@@H]2NC(C)=O)[C@H](O)[C@@H](O)[C@@H]1OC. The van der Waals surface area contributed by atoms with Crippen LogP contribution in [0, 0.1) is 0 Å². The van der Waals surface area contributed by atoms with E-state index in [0.29, 0.717) is 13.0 Å². The quantitative estimate of drug-likeness (QED) is 0.133. The molecular formula is C24H44N4O12. The number of nitrogens with one attached hydrogen (secondary N) is 2. The van der Waals surface area contributed by atoms with Gasteiger partial charge < -0.3 is 59.6 Å². The fourth-order valence-corrected chi connectivity index (χ4v) is 4.64. The summed E-state index contributed by atoms with van der Waals surface area (Å²) in [4.78, 5) is 41.1. The Kier molecular flexibility index (Phi) is 13.6. The highest BCUT2D eigenvalue weighted by Gasteiger charge is 2.54. The Bertz CT molecular complexity index is 836. The van der Waals surface area contributed by atoms with E-state index in [-0.39, 0.29) is 13.1 Å². The number of methoxy groups -OCH3 is 2. The molecular weight excluding hydrogens is 536 g/mol. The summed E-state index contributed by atoms with van der Waals surface area (Å²) in [7, 11) is 6.18. The van der Waals surface area contributed by atoms with Crippen molar-refractivity contribution >= 4 is 17.8 Å². The first-order valence-corrected chi connectivity index (χ1v) is 13.1. The average molecular weight is 581 g/mol. The molecule has 0 radical (unpaired) electrons. The number of hydrogen-bond donors (Lipinski definition) is 6. The molecule has 0 aliphatic carbocycles. The normalized spacial score (nSPS) is 34.4. The van der Waals surface area contributed by atoms with Crippen LogP contribution in [0.15, 0.2) is 0 Å². The van der Waals surface area contributed by atoms with Crippen LogP contribution < -0.4 is 10.6 Å². The standard InChI is InChI=1S/C24H44N4O12/c1-7-25-24(35)28(10-8-9-27(3)4)21(34)20-19(36-5)16(32)17(33)23(40-20)39-18-14(26-12(2)30)22(37-6)38-13(11-29)15(18)31/h13-20,22-23,29,31-33H,7-11H2,1-6H3,(H,25,35)(H,26,30)/t13-,14-,15-,16-,17-,18-,19+,20+,22-,23-/m1/s1. The van der Waals surface area contributed by atoms with Gasteiger partial charge in [0, 0.05) is 34.2 Å². The van der Waals surface area contributed by atoms with Crippen LogP contribution in [0.1, 0.15) is 20.3 Å². The minimum Gasteiger partial charge on any atom is -0.394 e. The molecule has 2 rings (SSSR count). The summed E-state index contributed by atoms with van der Waals surface area (Å²) >= 11 is 0. The van der Waals surface area contributed by atoms with Gasteiger partial charge >= 0.3 is 6.03 Å². The smallest absolute Gasteiger partial charge is 0.324 e. The molecule has 2 heterocycles. The Morgan fingerprint density at radius 2 is 1.60 bits per heavy atom. The fourth-order valence-electron chi connectivity index (χ4n) is 4.64. The number of aliphatic hydroxyl groups is 4. The Morgan fingerprint density at radius 1 is 0.925 bits per heavy atom. The van der Waals surface area contributed by atoms with Crippen LogP contribution in [-0.2, 0) is 33.3 Å². The van der Waals surface area contributed by atoms with Gasteiger partial charge in [-0.2, -0.15) is 0 Å². The number of ether oxygens (including phenoxy) is 5. The summed E-state index contributed by atoms with van der Waals surface area (Å²) in [6.07, 6.45) is -13.1. The van der Waals surface area contributed by atoms with E-state index >= 15 is 0 Å². The van der Waals surface area contributed by atoms with Gasteiger partial charge in [0.2, 0.25) is 5.91 Å².